The maximum Gasteiger partial charge on any atom is 0.308 e. The van der Waals surface area contributed by atoms with E-state index >= 15 is 0 Å². The molecule has 1 aromatic rings. The van der Waals surface area contributed by atoms with Gasteiger partial charge in [0.15, 0.2) is 0 Å². The van der Waals surface area contributed by atoms with Crippen molar-refractivity contribution in [3.63, 3.8) is 0 Å². The van der Waals surface area contributed by atoms with Gasteiger partial charge >= 0.3 is 5.97 Å². The van der Waals surface area contributed by atoms with Crippen LogP contribution in [0.25, 0.3) is 0 Å². The Balaban J connectivity index is 3.03. The average molecular weight is 345 g/mol. The van der Waals surface area contributed by atoms with Crippen molar-refractivity contribution in [3.05, 3.63) is 38.3 Å². The molecule has 0 heterocycles. The summed E-state index contributed by atoms with van der Waals surface area (Å²) in [5, 5.41) is 19.8. The Hall–Kier alpha value is -1.96. The van der Waals surface area contributed by atoms with Gasteiger partial charge in [-0.15, -0.1) is 0 Å². The molecule has 0 saturated carbocycles. The lowest BCUT2D eigenvalue weighted by molar-refractivity contribution is -0.385. The second kappa shape index (κ2) is 6.47. The average Bonchev–Trinajstić information content (AvgIpc) is 2.37. The zero-order valence-corrected chi connectivity index (χ0v) is 12.5. The minimum Gasteiger partial charge on any atom is -0.481 e. The van der Waals surface area contributed by atoms with Crippen LogP contribution in [0, 0.1) is 16.0 Å². The van der Waals surface area contributed by atoms with Gasteiger partial charge in [0.2, 0.25) is 0 Å². The highest BCUT2D eigenvalue weighted by Gasteiger charge is 2.25. The molecule has 1 aromatic carbocycles. The molecule has 1 unspecified atom stereocenters. The van der Waals surface area contributed by atoms with Crippen LogP contribution in [0.3, 0.4) is 0 Å². The number of carboxylic acid groups (broad SMARTS) is 1. The number of halogens is 1. The Kier molecular flexibility index (Phi) is 5.20. The van der Waals surface area contributed by atoms with Gasteiger partial charge in [0, 0.05) is 24.1 Å². The lowest BCUT2D eigenvalue weighted by Gasteiger charge is -2.19. The monoisotopic (exact) mass is 344 g/mol. The van der Waals surface area contributed by atoms with Crippen LogP contribution in [-0.2, 0) is 4.79 Å². The molecule has 0 aliphatic rings. The second-order valence-electron chi connectivity index (χ2n) is 4.34. The van der Waals surface area contributed by atoms with Gasteiger partial charge in [-0.2, -0.15) is 0 Å². The number of aliphatic carboxylic acids is 1. The number of rotatable bonds is 5. The molecule has 1 atom stereocenters. The SMILES string of the molecule is CC(CN(C)C(=O)c1ccc(Br)cc1[N+](=O)[O-])C(=O)O. The normalized spacial score (nSPS) is 11.8. The number of nitro benzene ring substituents is 1. The minimum absolute atomic E-state index is 0.0264. The van der Waals surface area contributed by atoms with Gasteiger partial charge in [-0.3, -0.25) is 19.7 Å². The highest BCUT2D eigenvalue weighted by molar-refractivity contribution is 9.10. The van der Waals surface area contributed by atoms with E-state index in [1.165, 1.54) is 32.2 Å². The summed E-state index contributed by atoms with van der Waals surface area (Å²) in [5.41, 5.74) is -0.391. The van der Waals surface area contributed by atoms with Gasteiger partial charge in [0.25, 0.3) is 11.6 Å². The number of nitrogens with zero attached hydrogens (tertiary/aromatic N) is 2. The van der Waals surface area contributed by atoms with E-state index in [0.717, 1.165) is 4.90 Å². The molecule has 1 amide bonds. The van der Waals surface area contributed by atoms with Crippen molar-refractivity contribution < 1.29 is 19.6 Å². The van der Waals surface area contributed by atoms with Gasteiger partial charge in [-0.05, 0) is 12.1 Å². The Morgan fingerprint density at radius 3 is 2.60 bits per heavy atom. The van der Waals surface area contributed by atoms with Crippen LogP contribution >= 0.6 is 15.9 Å². The van der Waals surface area contributed by atoms with Crippen molar-refractivity contribution in [2.24, 2.45) is 5.92 Å². The molecule has 0 fully saturated rings. The summed E-state index contributed by atoms with van der Waals surface area (Å²) < 4.78 is 0.488. The zero-order valence-electron chi connectivity index (χ0n) is 10.9. The summed E-state index contributed by atoms with van der Waals surface area (Å²) in [5.74, 6) is -2.37. The van der Waals surface area contributed by atoms with Crippen molar-refractivity contribution in [2.75, 3.05) is 13.6 Å². The summed E-state index contributed by atoms with van der Waals surface area (Å²) in [6.45, 7) is 1.43. The van der Waals surface area contributed by atoms with E-state index in [4.69, 9.17) is 5.11 Å². The number of amides is 1. The Bertz CT molecular complexity index is 561. The van der Waals surface area contributed by atoms with Gasteiger partial charge in [-0.25, -0.2) is 0 Å². The number of hydrogen-bond donors (Lipinski definition) is 1. The van der Waals surface area contributed by atoms with Crippen molar-refractivity contribution in [1.29, 1.82) is 0 Å². The minimum atomic E-state index is -1.03. The molecule has 1 rings (SSSR count). The first-order valence-corrected chi connectivity index (χ1v) is 6.45. The second-order valence-corrected chi connectivity index (χ2v) is 5.26. The molecular formula is C12H13BrN2O5. The standard InChI is InChI=1S/C12H13BrN2O5/c1-7(12(17)18)6-14(2)11(16)9-4-3-8(13)5-10(9)15(19)20/h3-5,7H,6H2,1-2H3,(H,17,18). The van der Waals surface area contributed by atoms with Crippen LogP contribution in [0.1, 0.15) is 17.3 Å². The summed E-state index contributed by atoms with van der Waals surface area (Å²) in [6, 6.07) is 4.10. The van der Waals surface area contributed by atoms with Crippen LogP contribution in [0.5, 0.6) is 0 Å². The Morgan fingerprint density at radius 1 is 1.50 bits per heavy atom. The molecule has 8 heteroatoms. The predicted molar refractivity (Wildman–Crippen MR) is 74.6 cm³/mol. The van der Waals surface area contributed by atoms with Gasteiger partial charge in [0.05, 0.1) is 10.8 Å². The summed E-state index contributed by atoms with van der Waals surface area (Å²) in [6.07, 6.45) is 0. The fraction of sp³-hybridized carbons (Fsp3) is 0.333. The maximum absolute atomic E-state index is 12.2. The van der Waals surface area contributed by atoms with Gasteiger partial charge in [0.1, 0.15) is 5.56 Å². The topological polar surface area (TPSA) is 101 Å². The molecule has 7 nitrogen and oxygen atoms in total. The number of carbonyl (C=O) groups is 2. The lowest BCUT2D eigenvalue weighted by Crippen LogP contribution is -2.34. The lowest BCUT2D eigenvalue weighted by atomic mass is 10.1. The first-order valence-electron chi connectivity index (χ1n) is 5.66. The molecule has 0 radical (unpaired) electrons. The number of carbonyl (C=O) groups excluding carboxylic acids is 1. The van der Waals surface area contributed by atoms with E-state index in [1.807, 2.05) is 0 Å². The quantitative estimate of drug-likeness (QED) is 0.651. The third-order valence-electron chi connectivity index (χ3n) is 2.70. The fourth-order valence-corrected chi connectivity index (χ4v) is 1.96. The maximum atomic E-state index is 12.2. The van der Waals surface area contributed by atoms with E-state index in [0.29, 0.717) is 4.47 Å². The molecule has 1 N–H and O–H groups in total. The molecule has 0 aliphatic carbocycles. The molecule has 0 bridgehead atoms. The zero-order chi connectivity index (χ0) is 15.4. The van der Waals surface area contributed by atoms with Crippen LogP contribution in [0.15, 0.2) is 22.7 Å². The van der Waals surface area contributed by atoms with E-state index in [2.05, 4.69) is 15.9 Å². The molecule has 20 heavy (non-hydrogen) atoms. The smallest absolute Gasteiger partial charge is 0.308 e. The van der Waals surface area contributed by atoms with Crippen molar-refractivity contribution in [3.8, 4) is 0 Å². The number of carboxylic acids is 1. The third-order valence-corrected chi connectivity index (χ3v) is 3.20. The van der Waals surface area contributed by atoms with Gasteiger partial charge in [-0.1, -0.05) is 22.9 Å². The predicted octanol–water partition coefficient (Wildman–Crippen LogP) is 2.15. The molecule has 0 aliphatic heterocycles. The molecule has 0 aromatic heterocycles. The molecule has 0 spiro atoms. The third kappa shape index (κ3) is 3.77. The summed E-state index contributed by atoms with van der Waals surface area (Å²) >= 11 is 3.10. The first-order chi connectivity index (χ1) is 9.23. The Labute approximate surface area is 123 Å². The van der Waals surface area contributed by atoms with E-state index in [1.54, 1.807) is 0 Å². The number of benzene rings is 1. The largest absolute Gasteiger partial charge is 0.481 e. The highest BCUT2D eigenvalue weighted by Crippen LogP contribution is 2.24. The van der Waals surface area contributed by atoms with E-state index in [9.17, 15) is 19.7 Å². The number of hydrogen-bond acceptors (Lipinski definition) is 4. The van der Waals surface area contributed by atoms with Crippen molar-refractivity contribution in [1.82, 2.24) is 4.90 Å². The summed E-state index contributed by atoms with van der Waals surface area (Å²) in [7, 11) is 1.41. The fourth-order valence-electron chi connectivity index (χ4n) is 1.61. The van der Waals surface area contributed by atoms with Gasteiger partial charge < -0.3 is 10.0 Å². The van der Waals surface area contributed by atoms with Crippen molar-refractivity contribution >= 4 is 33.5 Å². The Morgan fingerprint density at radius 2 is 2.10 bits per heavy atom. The van der Waals surface area contributed by atoms with Crippen LogP contribution in [0.2, 0.25) is 0 Å². The van der Waals surface area contributed by atoms with E-state index < -0.39 is 22.7 Å². The van der Waals surface area contributed by atoms with E-state index in [-0.39, 0.29) is 17.8 Å². The first kappa shape index (κ1) is 16.1. The van der Waals surface area contributed by atoms with Crippen LogP contribution in [0.4, 0.5) is 5.69 Å². The van der Waals surface area contributed by atoms with Crippen LogP contribution in [-0.4, -0.2) is 40.4 Å². The molecular weight excluding hydrogens is 332 g/mol. The summed E-state index contributed by atoms with van der Waals surface area (Å²) in [4.78, 5) is 34.4. The highest BCUT2D eigenvalue weighted by atomic mass is 79.9. The molecule has 108 valence electrons. The molecule has 0 saturated heterocycles. The van der Waals surface area contributed by atoms with Crippen molar-refractivity contribution in [2.45, 2.75) is 6.92 Å². The van der Waals surface area contributed by atoms with Crippen LogP contribution < -0.4 is 0 Å². The number of nitro groups is 1.